The van der Waals surface area contributed by atoms with Crippen molar-refractivity contribution in [3.8, 4) is 5.75 Å². The Morgan fingerprint density at radius 1 is 0.324 bits per heavy atom. The smallest absolute Gasteiger partial charge is 0.326 e. The summed E-state index contributed by atoms with van der Waals surface area (Å²) in [6.45, 7) is -0.496. The van der Waals surface area contributed by atoms with Gasteiger partial charge >= 0.3 is 18.0 Å². The molecule has 2 fully saturated rings. The number of carboxylic acid groups (broad SMARTS) is 2. The minimum absolute atomic E-state index is 0.00424. The van der Waals surface area contributed by atoms with Crippen LogP contribution in [0.15, 0.2) is 24.3 Å². The summed E-state index contributed by atoms with van der Waals surface area (Å²) in [5.41, 5.74) is 50.5. The molecule has 136 heavy (non-hydrogen) atoms. The first-order valence-electron chi connectivity index (χ1n) is 44.4. The third kappa shape index (κ3) is 49.6. The monoisotopic (exact) mass is 1940 g/mol. The van der Waals surface area contributed by atoms with Crippen LogP contribution in [0.2, 0.25) is 0 Å². The Kier molecular flexibility index (Phi) is 53.7. The quantitative estimate of drug-likeness (QED) is 0.0125. The highest BCUT2D eigenvalue weighted by molar-refractivity contribution is 8.00. The van der Waals surface area contributed by atoms with Crippen molar-refractivity contribution in [2.45, 2.75) is 244 Å². The molecule has 0 unspecified atom stereocenters. The van der Waals surface area contributed by atoms with E-state index in [1.165, 1.54) is 24.3 Å². The van der Waals surface area contributed by atoms with Crippen LogP contribution in [0.25, 0.3) is 0 Å². The van der Waals surface area contributed by atoms with Crippen molar-refractivity contribution < 1.29 is 82.4 Å². The molecule has 0 aliphatic carbocycles. The lowest BCUT2D eigenvalue weighted by atomic mass is 10.0. The molecule has 0 aromatic heterocycles. The number of phenolic OH excluding ortho intramolecular Hbond substituents is 1. The summed E-state index contributed by atoms with van der Waals surface area (Å²) in [4.78, 5) is 199. The van der Waals surface area contributed by atoms with Crippen LogP contribution in [0.5, 0.6) is 5.75 Å². The van der Waals surface area contributed by atoms with E-state index in [9.17, 15) is 58.5 Å². The van der Waals surface area contributed by atoms with Gasteiger partial charge in [-0.3, -0.25) is 106 Å². The number of guanidine groups is 9. The molecule has 2 heterocycles. The Morgan fingerprint density at radius 2 is 0.559 bits per heavy atom. The standard InChI is InChI=1S/C78H140N40O17S/c79-69(80)97-29-3-12-42(106-55(120)22-2-1-21-54-57-53(39-136-54)117-78(135)118-57)58(123)107-43(13-4-30-98-70(81)82)59(124)108-44(14-5-31-99-71(83)84)60(125)109-45(15-6-32-100-72(85)86)61(126)110-46(16-7-33-101-73(87)88)62(127)111-47(17-8-34-102-74(89)90)63(128)112-48(18-9-35-103-75(91)92)64(129)113-49(19-10-36-104-76(93)94)65(130)115-51(27-28-56(121)122)67(132)114-50(20-11-37-105-77(95)96)66(131)116-52(68(133)134)38-40-23-25-41(119)26-24-40/h23-26,42-54,57,119H,1-22,27-39H2,(H,106,120)(H,107,123)(H,108,124)(H,109,125)(H,110,126)(H,111,127)(H,112,128)(H,113,129)(H,114,132)(H,115,130)(H,116,131)(H,121,122)(H,133,134)(H4,79,80,97)(H4,81,82,98)(H4,83,84,99)(H4,85,86,100)(H4,87,88,101)(H4,89,90,102)(H4,91,92,103)(H4,93,94,104)(H4,95,96,105)(H2,117,118,135)/t42-,43-,44-,45-,46-,47-,48-,49-,50-,51-,52-,53-,54-,57-/m0/s1. The Morgan fingerprint density at radius 3 is 0.794 bits per heavy atom. The maximum Gasteiger partial charge on any atom is 0.326 e. The highest BCUT2D eigenvalue weighted by atomic mass is 32.2. The molecule has 760 valence electrons. The van der Waals surface area contributed by atoms with E-state index in [0.29, 0.717) is 24.8 Å². The molecule has 0 radical (unpaired) electrons. The number of carbonyl (C=O) groups excluding carboxylic acids is 12. The van der Waals surface area contributed by atoms with Crippen molar-refractivity contribution in [2.24, 2.45) is 51.6 Å². The number of thioether (sulfide) groups is 1. The third-order valence-electron chi connectivity index (χ3n) is 20.9. The number of carboxylic acids is 2. The van der Waals surface area contributed by atoms with Crippen molar-refractivity contribution in [1.82, 2.24) is 117 Å². The number of phenols is 1. The van der Waals surface area contributed by atoms with E-state index in [1.54, 1.807) is 11.8 Å². The second kappa shape index (κ2) is 63.3. The van der Waals surface area contributed by atoms with Gasteiger partial charge in [0.25, 0.3) is 0 Å². The predicted molar refractivity (Wildman–Crippen MR) is 504 cm³/mol. The summed E-state index contributed by atoms with van der Waals surface area (Å²) >= 11 is 1.71. The van der Waals surface area contributed by atoms with Crippen LogP contribution in [0.3, 0.4) is 0 Å². The Labute approximate surface area is 789 Å². The van der Waals surface area contributed by atoms with E-state index >= 15 is 24.0 Å². The molecule has 13 amide bonds. The fourth-order valence-corrected chi connectivity index (χ4v) is 15.6. The number of unbranched alkanes of at least 4 members (excludes halogenated alkanes) is 1. The summed E-state index contributed by atoms with van der Waals surface area (Å²) in [5, 5.41) is 157. The number of rotatable bonds is 68. The molecule has 57 nitrogen and oxygen atoms in total. The Bertz CT molecular complexity index is 4230. The number of aliphatic carboxylic acids is 2. The second-order valence-electron chi connectivity index (χ2n) is 32.1. The van der Waals surface area contributed by atoms with E-state index in [0.717, 1.165) is 5.75 Å². The van der Waals surface area contributed by atoms with Gasteiger partial charge in [0.1, 0.15) is 72.2 Å². The topological polar surface area (TPSA) is 1010 Å². The van der Waals surface area contributed by atoms with Gasteiger partial charge in [-0.05, 0) is 153 Å². The molecule has 58 heteroatoms. The largest absolute Gasteiger partial charge is 0.508 e. The molecule has 52 N–H and O–H groups in total. The highest BCUT2D eigenvalue weighted by Gasteiger charge is 2.43. The van der Waals surface area contributed by atoms with Crippen molar-refractivity contribution in [2.75, 3.05) is 64.7 Å². The van der Waals surface area contributed by atoms with E-state index < -0.39 is 204 Å². The molecule has 2 saturated heterocycles. The van der Waals surface area contributed by atoms with E-state index in [-0.39, 0.29) is 222 Å². The van der Waals surface area contributed by atoms with Crippen LogP contribution in [0.1, 0.15) is 160 Å². The molecule has 1 aromatic rings. The number of urea groups is 1. The summed E-state index contributed by atoms with van der Waals surface area (Å²) in [6, 6.07) is -12.9. The normalized spacial score (nSPS) is 15.7. The molecule has 0 bridgehead atoms. The molecule has 3 rings (SSSR count). The summed E-state index contributed by atoms with van der Waals surface area (Å²) in [6.07, 6.45) is -2.60. The molecule has 0 spiro atoms. The number of benzene rings is 1. The van der Waals surface area contributed by atoms with Crippen LogP contribution < -0.4 is 169 Å². The fourth-order valence-electron chi connectivity index (χ4n) is 14.1. The van der Waals surface area contributed by atoms with Gasteiger partial charge < -0.3 is 184 Å². The highest BCUT2D eigenvalue weighted by Crippen LogP contribution is 2.33. The average molecular weight is 1940 g/mol. The fraction of sp³-hybridized carbons (Fsp3) is 0.628. The number of aromatic hydroxyl groups is 1. The van der Waals surface area contributed by atoms with Crippen LogP contribution in [-0.2, 0) is 68.7 Å². The van der Waals surface area contributed by atoms with Crippen LogP contribution in [0, 0.1) is 48.7 Å². The molecule has 2 aliphatic rings. The van der Waals surface area contributed by atoms with Gasteiger partial charge in [0, 0.05) is 89.2 Å². The van der Waals surface area contributed by atoms with Gasteiger partial charge in [0.05, 0.1) is 12.1 Å². The molecule has 0 saturated carbocycles. The van der Waals surface area contributed by atoms with E-state index in [1.807, 2.05) is 0 Å². The van der Waals surface area contributed by atoms with E-state index in [4.69, 9.17) is 100 Å². The second-order valence-corrected chi connectivity index (χ2v) is 33.4. The summed E-state index contributed by atoms with van der Waals surface area (Å²) in [5.74, 6) is -17.6. The maximum atomic E-state index is 15.2. The third-order valence-corrected chi connectivity index (χ3v) is 22.4. The number of hydrogen-bond acceptors (Lipinski definition) is 25. The lowest BCUT2D eigenvalue weighted by Gasteiger charge is -2.29. The first-order chi connectivity index (χ1) is 64.4. The zero-order valence-corrected chi connectivity index (χ0v) is 76.6. The lowest BCUT2D eigenvalue weighted by Crippen LogP contribution is -2.61. The first-order valence-corrected chi connectivity index (χ1v) is 45.4. The number of amides is 13. The summed E-state index contributed by atoms with van der Waals surface area (Å²) < 4.78 is 0. The van der Waals surface area contributed by atoms with Crippen molar-refractivity contribution in [3.05, 3.63) is 29.8 Å². The van der Waals surface area contributed by atoms with Crippen LogP contribution in [0.4, 0.5) is 4.79 Å². The molecular formula is C78H140N40O17S. The molecule has 2 aliphatic heterocycles. The molecular weight excluding hydrogens is 1800 g/mol. The predicted octanol–water partition coefficient (Wildman–Crippen LogP) is -10.7. The average Bonchev–Trinajstić information content (AvgIpc) is 1.34. The molecule has 14 atom stereocenters. The van der Waals surface area contributed by atoms with Gasteiger partial charge in [0.2, 0.25) is 65.0 Å². The van der Waals surface area contributed by atoms with Gasteiger partial charge in [0.15, 0.2) is 53.6 Å². The van der Waals surface area contributed by atoms with Crippen LogP contribution >= 0.6 is 11.8 Å². The van der Waals surface area contributed by atoms with Crippen LogP contribution in [-0.4, -0.2) is 300 Å². The zero-order chi connectivity index (χ0) is 101. The van der Waals surface area contributed by atoms with Crippen molar-refractivity contribution >= 4 is 148 Å². The van der Waals surface area contributed by atoms with Crippen molar-refractivity contribution in [3.63, 3.8) is 0 Å². The number of nitrogens with one attached hydrogen (secondary N) is 31. The minimum atomic E-state index is -1.84. The lowest BCUT2D eigenvalue weighted by molar-refractivity contribution is -0.142. The Hall–Kier alpha value is -14.8. The van der Waals surface area contributed by atoms with Gasteiger partial charge in [-0.1, -0.05) is 18.6 Å². The zero-order valence-electron chi connectivity index (χ0n) is 75.8. The number of nitrogens with two attached hydrogens (primary N) is 9. The number of fused-ring (bicyclic) bond motifs is 1. The molecule has 1 aromatic carbocycles. The van der Waals surface area contributed by atoms with Gasteiger partial charge in [-0.15, -0.1) is 0 Å². The van der Waals surface area contributed by atoms with E-state index in [2.05, 4.69) is 117 Å². The number of carbonyl (C=O) groups is 14. The van der Waals surface area contributed by atoms with Crippen molar-refractivity contribution in [1.29, 1.82) is 48.7 Å². The summed E-state index contributed by atoms with van der Waals surface area (Å²) in [7, 11) is 0. The minimum Gasteiger partial charge on any atom is -0.508 e. The maximum absolute atomic E-state index is 15.2. The van der Waals surface area contributed by atoms with Gasteiger partial charge in [-0.2, -0.15) is 11.8 Å². The first kappa shape index (κ1) is 115. The van der Waals surface area contributed by atoms with Gasteiger partial charge in [-0.25, -0.2) is 9.59 Å². The SMILES string of the molecule is N=C(N)NCCC[C@H](NC(=O)CCCC[C@@H]1SC[C@@H]2NC(=O)N[C@@H]21)C(=O)N[C@@H](CCCNC(=N)N)C(=O)N[C@@H](CCCNC(=N)N)C(=O)N[C@@H](CCCNC(=N)N)C(=O)N[C@@H](CCCNC(=N)N)C(=O)N[C@@H](CCCNC(=N)N)C(=O)N[C@@H](CCCNC(=N)N)C(=O)N[C@@H](CCCNC(=N)N)C(=O)N[C@@H](CCC(=O)O)C(=O)N[C@@H](CCCNC(=N)N)C(=O)N[C@@H](Cc1ccc(O)cc1)C(=O)O. The number of hydrogen-bond donors (Lipinski definition) is 43. The Balaban J connectivity index is 2.15.